The van der Waals surface area contributed by atoms with Crippen molar-refractivity contribution in [3.8, 4) is 11.4 Å². The van der Waals surface area contributed by atoms with Crippen LogP contribution in [0.15, 0.2) is 28.8 Å². The first-order valence-corrected chi connectivity index (χ1v) is 6.01. The van der Waals surface area contributed by atoms with Crippen molar-refractivity contribution >= 4 is 0 Å². The summed E-state index contributed by atoms with van der Waals surface area (Å²) in [5, 5.41) is 13.7. The Morgan fingerprint density at radius 1 is 1.22 bits per heavy atom. The first-order chi connectivity index (χ1) is 8.74. The van der Waals surface area contributed by atoms with Crippen LogP contribution >= 0.6 is 0 Å². The van der Waals surface area contributed by atoms with Gasteiger partial charge in [-0.1, -0.05) is 5.16 Å². The van der Waals surface area contributed by atoms with E-state index in [0.29, 0.717) is 17.3 Å². The Morgan fingerprint density at radius 3 is 2.67 bits per heavy atom. The monoisotopic (exact) mass is 248 g/mol. The molecule has 1 aliphatic carbocycles. The van der Waals surface area contributed by atoms with E-state index in [4.69, 9.17) is 4.52 Å². The minimum absolute atomic E-state index is 0.0632. The van der Waals surface area contributed by atoms with Crippen LogP contribution in [0.3, 0.4) is 0 Å². The van der Waals surface area contributed by atoms with E-state index in [9.17, 15) is 9.50 Å². The fourth-order valence-corrected chi connectivity index (χ4v) is 2.33. The second-order valence-corrected chi connectivity index (χ2v) is 4.57. The molecule has 94 valence electrons. The van der Waals surface area contributed by atoms with Crippen molar-refractivity contribution in [2.24, 2.45) is 0 Å². The lowest BCUT2D eigenvalue weighted by Gasteiger charge is -2.07. The molecular formula is C13H13FN2O2. The van der Waals surface area contributed by atoms with Gasteiger partial charge in [0.05, 0.1) is 12.0 Å². The molecule has 0 saturated heterocycles. The number of rotatable bonds is 2. The highest BCUT2D eigenvalue weighted by Gasteiger charge is 2.31. The molecule has 0 bridgehead atoms. The maximum atomic E-state index is 12.8. The molecule has 1 aliphatic rings. The van der Waals surface area contributed by atoms with Gasteiger partial charge in [-0.05, 0) is 43.5 Å². The highest BCUT2D eigenvalue weighted by atomic mass is 19.1. The predicted molar refractivity (Wildman–Crippen MR) is 62.3 cm³/mol. The Kier molecular flexibility index (Phi) is 2.83. The van der Waals surface area contributed by atoms with Crippen molar-refractivity contribution in [2.75, 3.05) is 0 Å². The van der Waals surface area contributed by atoms with Crippen LogP contribution < -0.4 is 0 Å². The van der Waals surface area contributed by atoms with E-state index in [1.54, 1.807) is 12.1 Å². The summed E-state index contributed by atoms with van der Waals surface area (Å²) in [6, 6.07) is 5.93. The smallest absolute Gasteiger partial charge is 0.232 e. The van der Waals surface area contributed by atoms with Crippen LogP contribution in [0.2, 0.25) is 0 Å². The summed E-state index contributed by atoms with van der Waals surface area (Å²) in [6.45, 7) is 0. The quantitative estimate of drug-likeness (QED) is 0.887. The summed E-state index contributed by atoms with van der Waals surface area (Å²) in [6.07, 6.45) is 2.22. The highest BCUT2D eigenvalue weighted by Crippen LogP contribution is 2.34. The Labute approximate surface area is 103 Å². The maximum absolute atomic E-state index is 12.8. The molecule has 4 nitrogen and oxygen atoms in total. The number of hydrogen-bond donors (Lipinski definition) is 1. The SMILES string of the molecule is OC1CCCC1c1nc(-c2ccc(F)cc2)no1. The Bertz CT molecular complexity index is 538. The van der Waals surface area contributed by atoms with E-state index in [-0.39, 0.29) is 11.7 Å². The zero-order valence-electron chi connectivity index (χ0n) is 9.71. The minimum Gasteiger partial charge on any atom is -0.392 e. The molecule has 0 aliphatic heterocycles. The van der Waals surface area contributed by atoms with E-state index in [1.165, 1.54) is 12.1 Å². The third-order valence-corrected chi connectivity index (χ3v) is 3.34. The molecule has 2 aromatic rings. The number of aromatic nitrogens is 2. The van der Waals surface area contributed by atoms with E-state index < -0.39 is 6.10 Å². The molecule has 5 heteroatoms. The van der Waals surface area contributed by atoms with Crippen molar-refractivity contribution in [3.63, 3.8) is 0 Å². The van der Waals surface area contributed by atoms with Gasteiger partial charge in [-0.2, -0.15) is 4.98 Å². The molecule has 1 aromatic heterocycles. The van der Waals surface area contributed by atoms with Gasteiger partial charge in [0, 0.05) is 5.56 Å². The summed E-state index contributed by atoms with van der Waals surface area (Å²) >= 11 is 0. The average molecular weight is 248 g/mol. The van der Waals surface area contributed by atoms with Crippen LogP contribution in [0.25, 0.3) is 11.4 Å². The lowest BCUT2D eigenvalue weighted by atomic mass is 10.1. The molecule has 1 N–H and O–H groups in total. The summed E-state index contributed by atoms with van der Waals surface area (Å²) in [5.41, 5.74) is 0.707. The molecular weight excluding hydrogens is 235 g/mol. The normalized spacial score (nSPS) is 23.4. The third-order valence-electron chi connectivity index (χ3n) is 3.34. The molecule has 3 rings (SSSR count). The Balaban J connectivity index is 1.87. The maximum Gasteiger partial charge on any atom is 0.232 e. The summed E-state index contributed by atoms with van der Waals surface area (Å²) in [7, 11) is 0. The lowest BCUT2D eigenvalue weighted by Crippen LogP contribution is -2.11. The van der Waals surface area contributed by atoms with E-state index in [1.807, 2.05) is 0 Å². The number of hydrogen-bond acceptors (Lipinski definition) is 4. The Morgan fingerprint density at radius 2 is 2.00 bits per heavy atom. The Hall–Kier alpha value is -1.75. The van der Waals surface area contributed by atoms with Crippen molar-refractivity contribution in [3.05, 3.63) is 36.0 Å². The van der Waals surface area contributed by atoms with Crippen molar-refractivity contribution in [1.82, 2.24) is 10.1 Å². The van der Waals surface area contributed by atoms with E-state index in [0.717, 1.165) is 19.3 Å². The van der Waals surface area contributed by atoms with Crippen LogP contribution in [-0.2, 0) is 0 Å². The van der Waals surface area contributed by atoms with Gasteiger partial charge in [-0.15, -0.1) is 0 Å². The van der Waals surface area contributed by atoms with Gasteiger partial charge in [0.25, 0.3) is 0 Å². The fraction of sp³-hybridized carbons (Fsp3) is 0.385. The third kappa shape index (κ3) is 2.01. The second-order valence-electron chi connectivity index (χ2n) is 4.57. The molecule has 0 spiro atoms. The number of aliphatic hydroxyl groups excluding tert-OH is 1. The van der Waals surface area contributed by atoms with Crippen LogP contribution in [-0.4, -0.2) is 21.4 Å². The topological polar surface area (TPSA) is 59.2 Å². The number of aliphatic hydroxyl groups is 1. The zero-order valence-corrected chi connectivity index (χ0v) is 9.71. The molecule has 1 aromatic carbocycles. The van der Waals surface area contributed by atoms with Crippen LogP contribution in [0.4, 0.5) is 4.39 Å². The first kappa shape index (κ1) is 11.3. The summed E-state index contributed by atoms with van der Waals surface area (Å²) < 4.78 is 18.0. The van der Waals surface area contributed by atoms with Gasteiger partial charge in [0.15, 0.2) is 0 Å². The van der Waals surface area contributed by atoms with Gasteiger partial charge in [0.2, 0.25) is 11.7 Å². The van der Waals surface area contributed by atoms with Gasteiger partial charge in [-0.3, -0.25) is 0 Å². The fourth-order valence-electron chi connectivity index (χ4n) is 2.33. The number of benzene rings is 1. The number of halogens is 1. The van der Waals surface area contributed by atoms with Gasteiger partial charge in [-0.25, -0.2) is 4.39 Å². The summed E-state index contributed by atoms with van der Waals surface area (Å²) in [4.78, 5) is 4.28. The van der Waals surface area contributed by atoms with Crippen LogP contribution in [0, 0.1) is 5.82 Å². The van der Waals surface area contributed by atoms with Crippen molar-refractivity contribution in [1.29, 1.82) is 0 Å². The van der Waals surface area contributed by atoms with E-state index >= 15 is 0 Å². The largest absolute Gasteiger partial charge is 0.392 e. The van der Waals surface area contributed by atoms with Gasteiger partial charge < -0.3 is 9.63 Å². The average Bonchev–Trinajstić information content (AvgIpc) is 2.98. The zero-order chi connectivity index (χ0) is 12.5. The molecule has 1 heterocycles. The molecule has 18 heavy (non-hydrogen) atoms. The molecule has 2 atom stereocenters. The molecule has 1 saturated carbocycles. The standard InChI is InChI=1S/C13H13FN2O2/c14-9-6-4-8(5-7-9)12-15-13(18-16-12)10-2-1-3-11(10)17/h4-7,10-11,17H,1-3H2. The van der Waals surface area contributed by atoms with Crippen molar-refractivity contribution in [2.45, 2.75) is 31.3 Å². The second kappa shape index (κ2) is 4.49. The molecule has 0 radical (unpaired) electrons. The predicted octanol–water partition coefficient (Wildman–Crippen LogP) is 2.50. The van der Waals surface area contributed by atoms with Crippen LogP contribution in [0.5, 0.6) is 0 Å². The molecule has 0 amide bonds. The minimum atomic E-state index is -0.397. The van der Waals surface area contributed by atoms with Crippen LogP contribution in [0.1, 0.15) is 31.1 Å². The highest BCUT2D eigenvalue weighted by molar-refractivity contribution is 5.53. The molecule has 2 unspecified atom stereocenters. The first-order valence-electron chi connectivity index (χ1n) is 6.01. The van der Waals surface area contributed by atoms with Gasteiger partial charge in [0.1, 0.15) is 5.82 Å². The van der Waals surface area contributed by atoms with Crippen molar-refractivity contribution < 1.29 is 14.0 Å². The summed E-state index contributed by atoms with van der Waals surface area (Å²) in [5.74, 6) is 0.545. The lowest BCUT2D eigenvalue weighted by molar-refractivity contribution is 0.148. The molecule has 1 fully saturated rings. The van der Waals surface area contributed by atoms with Gasteiger partial charge >= 0.3 is 0 Å². The van der Waals surface area contributed by atoms with E-state index in [2.05, 4.69) is 10.1 Å². The number of nitrogens with zero attached hydrogens (tertiary/aromatic N) is 2.